The Morgan fingerprint density at radius 2 is 1.02 bits per heavy atom. The van der Waals surface area contributed by atoms with Gasteiger partial charge in [0, 0.05) is 22.5 Å². The molecule has 0 aromatic heterocycles. The highest BCUT2D eigenvalue weighted by Gasteiger charge is 2.52. The van der Waals surface area contributed by atoms with Crippen LogP contribution in [0.25, 0.3) is 27.8 Å². The molecule has 6 aromatic carbocycles. The average Bonchev–Trinajstić information content (AvgIpc) is 3.70. The normalized spacial score (nSPS) is 18.6. The first-order valence-corrected chi connectivity index (χ1v) is 18.6. The molecule has 0 bridgehead atoms. The molecule has 0 radical (unpaired) electrons. The van der Waals surface area contributed by atoms with Gasteiger partial charge in [-0.15, -0.1) is 0 Å². The van der Waals surface area contributed by atoms with E-state index in [0.717, 1.165) is 12.8 Å². The summed E-state index contributed by atoms with van der Waals surface area (Å²) in [5.74, 6) is 0. The van der Waals surface area contributed by atoms with E-state index in [0.29, 0.717) is 0 Å². The second kappa shape index (κ2) is 10.6. The maximum atomic E-state index is 2.52. The van der Waals surface area contributed by atoms with Gasteiger partial charge in [-0.3, -0.25) is 0 Å². The first-order chi connectivity index (χ1) is 24.7. The van der Waals surface area contributed by atoms with Crippen LogP contribution in [0.5, 0.6) is 0 Å². The summed E-state index contributed by atoms with van der Waals surface area (Å²) in [5, 5.41) is 0. The summed E-state index contributed by atoms with van der Waals surface area (Å²) in [5.41, 5.74) is 21.3. The summed E-state index contributed by atoms with van der Waals surface area (Å²) in [6.45, 7) is 11.6. The third-order valence-electron chi connectivity index (χ3n) is 12.3. The van der Waals surface area contributed by atoms with E-state index < -0.39 is 0 Å². The van der Waals surface area contributed by atoms with Gasteiger partial charge in [-0.2, -0.15) is 0 Å². The van der Waals surface area contributed by atoms with Gasteiger partial charge in [0.15, 0.2) is 0 Å². The van der Waals surface area contributed by atoms with Crippen molar-refractivity contribution in [3.63, 3.8) is 0 Å². The van der Waals surface area contributed by atoms with E-state index in [-0.39, 0.29) is 16.2 Å². The van der Waals surface area contributed by atoms with Crippen molar-refractivity contribution in [2.24, 2.45) is 0 Å². The summed E-state index contributed by atoms with van der Waals surface area (Å²) in [7, 11) is 0. The van der Waals surface area contributed by atoms with Crippen molar-refractivity contribution >= 4 is 22.6 Å². The van der Waals surface area contributed by atoms with Crippen LogP contribution in [0.4, 0.5) is 17.1 Å². The molecule has 0 saturated carbocycles. The van der Waals surface area contributed by atoms with Crippen molar-refractivity contribution in [2.75, 3.05) is 4.90 Å². The standard InChI is InChI=1S/C50H43N/c1-48(2,3)32-22-24-33(25-23-32)51(34-26-28-40-36-14-6-10-18-42(36)49(4,5)46(40)30-34)35-27-29-41-39-17-9-13-21-45(39)50(47(41)31-35)43-19-11-7-15-37(43)38-16-8-12-20-44(38)50/h6-7,9-15,17-31H,8,16H2,1-5H3. The zero-order chi connectivity index (χ0) is 34.7. The predicted octanol–water partition coefficient (Wildman–Crippen LogP) is 13.2. The maximum Gasteiger partial charge on any atom is 0.0722 e. The quantitative estimate of drug-likeness (QED) is 0.183. The predicted molar refractivity (Wildman–Crippen MR) is 214 cm³/mol. The Kier molecular flexibility index (Phi) is 6.30. The lowest BCUT2D eigenvalue weighted by molar-refractivity contribution is 0.590. The van der Waals surface area contributed by atoms with Crippen LogP contribution in [-0.2, 0) is 16.2 Å². The smallest absolute Gasteiger partial charge is 0.0722 e. The molecular weight excluding hydrogens is 615 g/mol. The molecule has 6 aromatic rings. The minimum atomic E-state index is -0.339. The van der Waals surface area contributed by atoms with Gasteiger partial charge in [0.25, 0.3) is 0 Å². The highest BCUT2D eigenvalue weighted by atomic mass is 15.1. The minimum absolute atomic E-state index is 0.0767. The van der Waals surface area contributed by atoms with Crippen molar-refractivity contribution in [2.45, 2.75) is 63.7 Å². The number of hydrogen-bond donors (Lipinski definition) is 0. The maximum absolute atomic E-state index is 2.52. The Morgan fingerprint density at radius 3 is 1.69 bits per heavy atom. The molecule has 0 heterocycles. The number of fused-ring (bicyclic) bond motifs is 12. The van der Waals surface area contributed by atoms with Crippen LogP contribution in [-0.4, -0.2) is 0 Å². The van der Waals surface area contributed by atoms with Gasteiger partial charge < -0.3 is 4.90 Å². The fraction of sp³-hybridized carbons (Fsp3) is 0.200. The molecule has 1 spiro atoms. The number of benzene rings is 6. The van der Waals surface area contributed by atoms with E-state index in [2.05, 4.69) is 185 Å². The first kappa shape index (κ1) is 30.4. The largest absolute Gasteiger partial charge is 0.310 e. The Bertz CT molecular complexity index is 2480. The van der Waals surface area contributed by atoms with Gasteiger partial charge in [0.05, 0.1) is 5.41 Å². The van der Waals surface area contributed by atoms with Crippen molar-refractivity contribution in [3.8, 4) is 22.3 Å². The average molecular weight is 658 g/mol. The summed E-state index contributed by atoms with van der Waals surface area (Å²) < 4.78 is 0. The zero-order valence-electron chi connectivity index (χ0n) is 30.2. The van der Waals surface area contributed by atoms with Crippen LogP contribution < -0.4 is 4.90 Å². The number of rotatable bonds is 3. The SMILES string of the molecule is CC(C)(C)c1ccc(N(c2ccc3c(c2)C(C)(C)c2ccccc2-3)c2ccc3c(c2)C2(C4=C(CCC=C4)c4ccccc42)c2ccccc2-3)cc1. The van der Waals surface area contributed by atoms with Crippen LogP contribution in [0.1, 0.15) is 86.4 Å². The van der Waals surface area contributed by atoms with Crippen molar-refractivity contribution in [3.05, 3.63) is 190 Å². The second-order valence-electron chi connectivity index (χ2n) is 16.4. The highest BCUT2D eigenvalue weighted by Crippen LogP contribution is 2.64. The summed E-state index contributed by atoms with van der Waals surface area (Å²) in [4.78, 5) is 2.50. The molecule has 1 unspecified atom stereocenters. The monoisotopic (exact) mass is 657 g/mol. The molecule has 0 N–H and O–H groups in total. The molecule has 4 aliphatic rings. The molecule has 0 saturated heterocycles. The highest BCUT2D eigenvalue weighted by molar-refractivity contribution is 5.97. The van der Waals surface area contributed by atoms with Crippen molar-refractivity contribution in [1.82, 2.24) is 0 Å². The first-order valence-electron chi connectivity index (χ1n) is 18.6. The van der Waals surface area contributed by atoms with E-state index in [4.69, 9.17) is 0 Å². The van der Waals surface area contributed by atoms with Crippen LogP contribution >= 0.6 is 0 Å². The van der Waals surface area contributed by atoms with Crippen molar-refractivity contribution in [1.29, 1.82) is 0 Å². The lowest BCUT2D eigenvalue weighted by atomic mass is 9.69. The Labute approximate surface area is 302 Å². The molecule has 10 rings (SSSR count). The van der Waals surface area contributed by atoms with E-state index in [1.165, 1.54) is 89.4 Å². The fourth-order valence-electron chi connectivity index (χ4n) is 9.89. The van der Waals surface area contributed by atoms with Gasteiger partial charge in [0.1, 0.15) is 0 Å². The van der Waals surface area contributed by atoms with Gasteiger partial charge in [-0.1, -0.05) is 144 Å². The molecule has 1 heteroatoms. The van der Waals surface area contributed by atoms with E-state index in [1.54, 1.807) is 0 Å². The topological polar surface area (TPSA) is 3.24 Å². The molecule has 0 amide bonds. The van der Waals surface area contributed by atoms with Gasteiger partial charge in [-0.25, -0.2) is 0 Å². The summed E-state index contributed by atoms with van der Waals surface area (Å²) >= 11 is 0. The van der Waals surface area contributed by atoms with Gasteiger partial charge in [0.2, 0.25) is 0 Å². The number of nitrogens with zero attached hydrogens (tertiary/aromatic N) is 1. The molecule has 248 valence electrons. The third kappa shape index (κ3) is 4.09. The van der Waals surface area contributed by atoms with Gasteiger partial charge >= 0.3 is 0 Å². The van der Waals surface area contributed by atoms with Crippen LogP contribution in [0.15, 0.2) is 151 Å². The summed E-state index contributed by atoms with van der Waals surface area (Å²) in [6.07, 6.45) is 7.01. The number of hydrogen-bond acceptors (Lipinski definition) is 1. The Morgan fingerprint density at radius 1 is 0.510 bits per heavy atom. The van der Waals surface area contributed by atoms with Crippen LogP contribution in [0, 0.1) is 0 Å². The van der Waals surface area contributed by atoms with Crippen LogP contribution in [0.2, 0.25) is 0 Å². The zero-order valence-corrected chi connectivity index (χ0v) is 30.2. The van der Waals surface area contributed by atoms with E-state index in [1.807, 2.05) is 0 Å². The lowest BCUT2D eigenvalue weighted by Gasteiger charge is -2.34. The molecule has 51 heavy (non-hydrogen) atoms. The van der Waals surface area contributed by atoms with Crippen molar-refractivity contribution < 1.29 is 0 Å². The Balaban J connectivity index is 1.22. The number of allylic oxidation sites excluding steroid dienone is 4. The number of anilines is 3. The molecule has 0 fully saturated rings. The molecular formula is C50H43N. The lowest BCUT2D eigenvalue weighted by Crippen LogP contribution is -2.27. The van der Waals surface area contributed by atoms with Crippen LogP contribution in [0.3, 0.4) is 0 Å². The molecule has 1 atom stereocenters. The molecule has 4 aliphatic carbocycles. The van der Waals surface area contributed by atoms with Gasteiger partial charge in [-0.05, 0) is 127 Å². The molecule has 1 nitrogen and oxygen atoms in total. The fourth-order valence-corrected chi connectivity index (χ4v) is 9.89. The van der Waals surface area contributed by atoms with E-state index >= 15 is 0 Å². The molecule has 0 aliphatic heterocycles. The Hall–Kier alpha value is -5.40. The minimum Gasteiger partial charge on any atom is -0.310 e. The summed E-state index contributed by atoms with van der Waals surface area (Å²) in [6, 6.07) is 51.0. The third-order valence-corrected chi connectivity index (χ3v) is 12.3. The second-order valence-corrected chi connectivity index (χ2v) is 16.4. The van der Waals surface area contributed by atoms with E-state index in [9.17, 15) is 0 Å².